The number of sulfonamides is 1. The lowest BCUT2D eigenvalue weighted by molar-refractivity contribution is -0.122. The van der Waals surface area contributed by atoms with Crippen LogP contribution in [0.2, 0.25) is 0 Å². The average Bonchev–Trinajstić information content (AvgIpc) is 2.77. The van der Waals surface area contributed by atoms with Gasteiger partial charge in [-0.05, 0) is 31.0 Å². The molecule has 0 radical (unpaired) electrons. The number of nitrogens with one attached hydrogen (secondary N) is 1. The molecule has 0 spiro atoms. The molecule has 0 aromatic heterocycles. The Morgan fingerprint density at radius 2 is 1.78 bits per heavy atom. The van der Waals surface area contributed by atoms with Gasteiger partial charge in [-0.3, -0.25) is 14.5 Å². The Morgan fingerprint density at radius 3 is 2.38 bits per heavy atom. The summed E-state index contributed by atoms with van der Waals surface area (Å²) in [7, 11) is -2.02. The van der Waals surface area contributed by atoms with Gasteiger partial charge in [-0.15, -0.1) is 0 Å². The van der Waals surface area contributed by atoms with E-state index in [0.717, 1.165) is 6.42 Å². The van der Waals surface area contributed by atoms with Crippen LogP contribution in [0.1, 0.15) is 36.2 Å². The second-order valence-corrected chi connectivity index (χ2v) is 9.74. The predicted octanol–water partition coefficient (Wildman–Crippen LogP) is 0.936. The molecule has 0 aliphatic carbocycles. The zero-order chi connectivity index (χ0) is 23.7. The highest BCUT2D eigenvalue weighted by atomic mass is 32.2. The van der Waals surface area contributed by atoms with Crippen LogP contribution in [-0.2, 0) is 19.6 Å². The Morgan fingerprint density at radius 1 is 1.12 bits per heavy atom. The highest BCUT2D eigenvalue weighted by Gasteiger charge is 2.27. The van der Waals surface area contributed by atoms with Crippen LogP contribution in [0.15, 0.2) is 23.1 Å². The molecule has 0 bridgehead atoms. The van der Waals surface area contributed by atoms with E-state index in [-0.39, 0.29) is 16.7 Å². The van der Waals surface area contributed by atoms with Crippen LogP contribution in [0, 0.1) is 6.92 Å². The summed E-state index contributed by atoms with van der Waals surface area (Å²) in [5.41, 5.74) is 0.987. The fourth-order valence-corrected chi connectivity index (χ4v) is 5.42. The highest BCUT2D eigenvalue weighted by molar-refractivity contribution is 7.89. The van der Waals surface area contributed by atoms with E-state index < -0.39 is 10.0 Å². The summed E-state index contributed by atoms with van der Waals surface area (Å²) in [6, 6.07) is 4.86. The maximum absolute atomic E-state index is 13.0. The summed E-state index contributed by atoms with van der Waals surface area (Å²) in [5, 5.41) is 2.87. The molecule has 9 nitrogen and oxygen atoms in total. The number of rotatable bonds is 11. The van der Waals surface area contributed by atoms with Crippen molar-refractivity contribution in [1.29, 1.82) is 0 Å². The molecule has 32 heavy (non-hydrogen) atoms. The minimum atomic E-state index is -3.65. The molecule has 2 amide bonds. The summed E-state index contributed by atoms with van der Waals surface area (Å²) in [4.78, 5) is 29.0. The van der Waals surface area contributed by atoms with Gasteiger partial charge in [0.2, 0.25) is 15.9 Å². The van der Waals surface area contributed by atoms with Gasteiger partial charge in [0, 0.05) is 65.1 Å². The van der Waals surface area contributed by atoms with Crippen molar-refractivity contribution in [2.75, 3.05) is 66.1 Å². The molecule has 1 N–H and O–H groups in total. The Bertz CT molecular complexity index is 878. The van der Waals surface area contributed by atoms with Crippen LogP contribution in [0.4, 0.5) is 0 Å². The van der Waals surface area contributed by atoms with Crippen molar-refractivity contribution < 1.29 is 22.7 Å². The zero-order valence-corrected chi connectivity index (χ0v) is 20.4. The molecule has 1 aromatic carbocycles. The van der Waals surface area contributed by atoms with Crippen molar-refractivity contribution in [1.82, 2.24) is 19.4 Å². The monoisotopic (exact) mass is 468 g/mol. The van der Waals surface area contributed by atoms with Crippen molar-refractivity contribution in [3.63, 3.8) is 0 Å². The minimum absolute atomic E-state index is 0.0364. The first kappa shape index (κ1) is 26.2. The lowest BCUT2D eigenvalue weighted by Gasteiger charge is -2.34. The first-order valence-corrected chi connectivity index (χ1v) is 12.6. The van der Waals surface area contributed by atoms with E-state index in [1.807, 2.05) is 4.90 Å². The lowest BCUT2D eigenvalue weighted by Crippen LogP contribution is -2.51. The van der Waals surface area contributed by atoms with E-state index in [9.17, 15) is 18.0 Å². The molecule has 2 rings (SSSR count). The number of hydrogen-bond donors (Lipinski definition) is 1. The maximum Gasteiger partial charge on any atom is 0.253 e. The quantitative estimate of drug-likeness (QED) is 0.485. The third-order valence-corrected chi connectivity index (χ3v) is 7.82. The third-order valence-electron chi connectivity index (χ3n) is 5.63. The van der Waals surface area contributed by atoms with Gasteiger partial charge in [-0.25, -0.2) is 8.42 Å². The second kappa shape index (κ2) is 12.3. The minimum Gasteiger partial charge on any atom is -0.385 e. The van der Waals surface area contributed by atoms with E-state index >= 15 is 0 Å². The Balaban J connectivity index is 1.98. The average molecular weight is 469 g/mol. The molecule has 1 heterocycles. The Kier molecular flexibility index (Phi) is 10.1. The smallest absolute Gasteiger partial charge is 0.253 e. The van der Waals surface area contributed by atoms with E-state index in [4.69, 9.17) is 4.74 Å². The number of hydrogen-bond acceptors (Lipinski definition) is 6. The first-order chi connectivity index (χ1) is 15.2. The standard InChI is InChI=1S/C22H36N4O5S/c1-5-26(6-2)32(29,30)20-16-19(9-8-18(20)3)22(28)25-13-11-24(12-14-25)17-21(27)23-10-7-15-31-4/h8-9,16H,5-7,10-15,17H2,1-4H3,(H,23,27). The molecule has 0 saturated carbocycles. The van der Waals surface area contributed by atoms with Crippen molar-refractivity contribution in [3.05, 3.63) is 29.3 Å². The van der Waals surface area contributed by atoms with Crippen LogP contribution in [0.5, 0.6) is 0 Å². The number of nitrogens with zero attached hydrogens (tertiary/aromatic N) is 3. The molecule has 10 heteroatoms. The predicted molar refractivity (Wildman–Crippen MR) is 123 cm³/mol. The third kappa shape index (κ3) is 6.74. The van der Waals surface area contributed by atoms with Gasteiger partial charge in [-0.2, -0.15) is 4.31 Å². The molecule has 0 atom stereocenters. The number of methoxy groups -OCH3 is 1. The highest BCUT2D eigenvalue weighted by Crippen LogP contribution is 2.22. The molecular formula is C22H36N4O5S. The largest absolute Gasteiger partial charge is 0.385 e. The molecule has 1 fully saturated rings. The second-order valence-electron chi connectivity index (χ2n) is 7.83. The van der Waals surface area contributed by atoms with Gasteiger partial charge >= 0.3 is 0 Å². The number of carbonyl (C=O) groups excluding carboxylic acids is 2. The lowest BCUT2D eigenvalue weighted by atomic mass is 10.1. The fraction of sp³-hybridized carbons (Fsp3) is 0.636. The topological polar surface area (TPSA) is 99.3 Å². The van der Waals surface area contributed by atoms with Gasteiger partial charge in [0.05, 0.1) is 11.4 Å². The van der Waals surface area contributed by atoms with Crippen LogP contribution in [0.25, 0.3) is 0 Å². The summed E-state index contributed by atoms with van der Waals surface area (Å²) in [6.45, 7) is 9.72. The van der Waals surface area contributed by atoms with Gasteiger partial charge < -0.3 is 15.0 Å². The number of amides is 2. The van der Waals surface area contributed by atoms with E-state index in [2.05, 4.69) is 5.32 Å². The van der Waals surface area contributed by atoms with E-state index in [0.29, 0.717) is 70.1 Å². The van der Waals surface area contributed by atoms with Gasteiger partial charge in [0.15, 0.2) is 0 Å². The molecule has 180 valence electrons. The molecule has 0 unspecified atom stereocenters. The van der Waals surface area contributed by atoms with Crippen LogP contribution in [-0.4, -0.2) is 100 Å². The van der Waals surface area contributed by atoms with Crippen molar-refractivity contribution in [3.8, 4) is 0 Å². The van der Waals surface area contributed by atoms with Crippen LogP contribution >= 0.6 is 0 Å². The van der Waals surface area contributed by atoms with Crippen molar-refractivity contribution >= 4 is 21.8 Å². The van der Waals surface area contributed by atoms with Gasteiger partial charge in [0.25, 0.3) is 5.91 Å². The maximum atomic E-state index is 13.0. The van der Waals surface area contributed by atoms with E-state index in [1.54, 1.807) is 44.9 Å². The van der Waals surface area contributed by atoms with E-state index in [1.165, 1.54) is 10.4 Å². The number of piperazine rings is 1. The first-order valence-electron chi connectivity index (χ1n) is 11.1. The van der Waals surface area contributed by atoms with Gasteiger partial charge in [-0.1, -0.05) is 19.9 Å². The molecule has 1 saturated heterocycles. The molecule has 1 aliphatic heterocycles. The fourth-order valence-electron chi connectivity index (χ4n) is 3.71. The molecule has 1 aliphatic rings. The zero-order valence-electron chi connectivity index (χ0n) is 19.6. The summed E-state index contributed by atoms with van der Waals surface area (Å²) >= 11 is 0. The molecule has 1 aromatic rings. The number of benzene rings is 1. The Hall–Kier alpha value is -2.01. The van der Waals surface area contributed by atoms with Crippen LogP contribution < -0.4 is 5.32 Å². The number of carbonyl (C=O) groups is 2. The summed E-state index contributed by atoms with van der Waals surface area (Å²) in [6.07, 6.45) is 0.771. The van der Waals surface area contributed by atoms with Crippen LogP contribution in [0.3, 0.4) is 0 Å². The number of aryl methyl sites for hydroxylation is 1. The summed E-state index contributed by atoms with van der Waals surface area (Å²) < 4.78 is 32.3. The molecular weight excluding hydrogens is 432 g/mol. The number of ether oxygens (including phenoxy) is 1. The Labute approximate surface area is 191 Å². The summed E-state index contributed by atoms with van der Waals surface area (Å²) in [5.74, 6) is -0.227. The van der Waals surface area contributed by atoms with Crippen molar-refractivity contribution in [2.24, 2.45) is 0 Å². The normalized spacial score (nSPS) is 15.2. The SMILES string of the molecule is CCN(CC)S(=O)(=O)c1cc(C(=O)N2CCN(CC(=O)NCCCOC)CC2)ccc1C. The van der Waals surface area contributed by atoms with Gasteiger partial charge in [0.1, 0.15) is 0 Å². The van der Waals surface area contributed by atoms with Crippen molar-refractivity contribution in [2.45, 2.75) is 32.1 Å².